The van der Waals surface area contributed by atoms with Gasteiger partial charge in [0.05, 0.1) is 5.69 Å². The lowest BCUT2D eigenvalue weighted by molar-refractivity contribution is 0.340. The molecule has 1 unspecified atom stereocenters. The maximum atomic E-state index is 6.02. The fourth-order valence-corrected chi connectivity index (χ4v) is 4.47. The molecular formula is C17H27N5. The summed E-state index contributed by atoms with van der Waals surface area (Å²) in [6, 6.07) is 2.84. The Hall–Kier alpha value is -1.36. The molecule has 2 aliphatic heterocycles. The van der Waals surface area contributed by atoms with Crippen molar-refractivity contribution >= 4 is 11.8 Å². The summed E-state index contributed by atoms with van der Waals surface area (Å²) >= 11 is 0. The average Bonchev–Trinajstić information content (AvgIpc) is 2.99. The van der Waals surface area contributed by atoms with Crippen molar-refractivity contribution in [2.75, 3.05) is 30.3 Å². The summed E-state index contributed by atoms with van der Waals surface area (Å²) in [6.45, 7) is 3.33. The second-order valence-corrected chi connectivity index (χ2v) is 7.21. The first-order valence-electron chi connectivity index (χ1n) is 8.92. The highest BCUT2D eigenvalue weighted by Gasteiger charge is 2.35. The van der Waals surface area contributed by atoms with Crippen molar-refractivity contribution < 1.29 is 0 Å². The minimum absolute atomic E-state index is 0.445. The predicted octanol–water partition coefficient (Wildman–Crippen LogP) is 2.29. The standard InChI is InChI=1S/C17H27N5/c18-17-20-14(12-5-2-1-3-6-12)9-16(21-17)22-10-13-7-4-8-19-15(13)11-22/h9,12-13,15,19H,1-8,10-11H2,(H2,18,20,21)/t13?,15-/m0/s1. The normalized spacial score (nSPS) is 29.5. The molecule has 3 N–H and O–H groups in total. The number of anilines is 2. The Labute approximate surface area is 132 Å². The Bertz CT molecular complexity index is 512. The summed E-state index contributed by atoms with van der Waals surface area (Å²) in [5.41, 5.74) is 7.19. The third-order valence-electron chi connectivity index (χ3n) is 5.70. The quantitative estimate of drug-likeness (QED) is 0.877. The van der Waals surface area contributed by atoms with Gasteiger partial charge in [-0.1, -0.05) is 19.3 Å². The molecule has 0 aromatic carbocycles. The second kappa shape index (κ2) is 6.03. The first-order chi connectivity index (χ1) is 10.8. The highest BCUT2D eigenvalue weighted by atomic mass is 15.3. The molecule has 2 saturated heterocycles. The van der Waals surface area contributed by atoms with Crippen LogP contribution < -0.4 is 16.0 Å². The third-order valence-corrected chi connectivity index (χ3v) is 5.70. The lowest BCUT2D eigenvalue weighted by Crippen LogP contribution is -2.40. The van der Waals surface area contributed by atoms with Crippen LogP contribution in [0.25, 0.3) is 0 Å². The molecule has 0 bridgehead atoms. The van der Waals surface area contributed by atoms with E-state index in [1.165, 1.54) is 50.6 Å². The van der Waals surface area contributed by atoms with Crippen molar-refractivity contribution in [2.45, 2.75) is 56.9 Å². The van der Waals surface area contributed by atoms with Crippen molar-refractivity contribution in [3.8, 4) is 0 Å². The monoisotopic (exact) mass is 301 g/mol. The number of hydrogen-bond acceptors (Lipinski definition) is 5. The van der Waals surface area contributed by atoms with Gasteiger partial charge in [-0.2, -0.15) is 4.98 Å². The van der Waals surface area contributed by atoms with E-state index in [9.17, 15) is 0 Å². The Balaban J connectivity index is 1.55. The number of hydrogen-bond donors (Lipinski definition) is 2. The smallest absolute Gasteiger partial charge is 0.222 e. The highest BCUT2D eigenvalue weighted by molar-refractivity contribution is 5.46. The van der Waals surface area contributed by atoms with E-state index in [1.807, 2.05) is 0 Å². The Morgan fingerprint density at radius 3 is 2.73 bits per heavy atom. The van der Waals surface area contributed by atoms with Gasteiger partial charge in [0.2, 0.25) is 5.95 Å². The molecule has 0 radical (unpaired) electrons. The van der Waals surface area contributed by atoms with Gasteiger partial charge in [0.25, 0.3) is 0 Å². The number of aromatic nitrogens is 2. The van der Waals surface area contributed by atoms with Crippen LogP contribution >= 0.6 is 0 Å². The molecule has 0 spiro atoms. The molecule has 4 rings (SSSR count). The lowest BCUT2D eigenvalue weighted by Gasteiger charge is -2.24. The number of nitrogens with one attached hydrogen (secondary N) is 1. The van der Waals surface area contributed by atoms with Crippen molar-refractivity contribution in [1.29, 1.82) is 0 Å². The highest BCUT2D eigenvalue weighted by Crippen LogP contribution is 2.34. The zero-order valence-corrected chi connectivity index (χ0v) is 13.3. The molecule has 5 nitrogen and oxygen atoms in total. The van der Waals surface area contributed by atoms with E-state index in [-0.39, 0.29) is 0 Å². The van der Waals surface area contributed by atoms with Gasteiger partial charge in [-0.25, -0.2) is 4.98 Å². The molecule has 0 amide bonds. The maximum absolute atomic E-state index is 6.02. The van der Waals surface area contributed by atoms with E-state index in [0.717, 1.165) is 31.4 Å². The van der Waals surface area contributed by atoms with Crippen LogP contribution in [0.3, 0.4) is 0 Å². The molecule has 22 heavy (non-hydrogen) atoms. The van der Waals surface area contributed by atoms with E-state index in [4.69, 9.17) is 5.73 Å². The van der Waals surface area contributed by atoms with Crippen molar-refractivity contribution in [3.63, 3.8) is 0 Å². The van der Waals surface area contributed by atoms with Gasteiger partial charge in [-0.05, 0) is 38.1 Å². The van der Waals surface area contributed by atoms with Crippen molar-refractivity contribution in [2.24, 2.45) is 5.92 Å². The summed E-state index contributed by atoms with van der Waals surface area (Å²) in [7, 11) is 0. The molecule has 3 aliphatic rings. The molecule has 1 aliphatic carbocycles. The summed E-state index contributed by atoms with van der Waals surface area (Å²) in [6.07, 6.45) is 9.15. The van der Waals surface area contributed by atoms with E-state index >= 15 is 0 Å². The number of fused-ring (bicyclic) bond motifs is 1. The van der Waals surface area contributed by atoms with Gasteiger partial charge in [0, 0.05) is 31.1 Å². The molecule has 1 aromatic heterocycles. The maximum Gasteiger partial charge on any atom is 0.222 e. The predicted molar refractivity (Wildman–Crippen MR) is 89.0 cm³/mol. The number of nitrogen functional groups attached to an aromatic ring is 1. The van der Waals surface area contributed by atoms with Crippen molar-refractivity contribution in [3.05, 3.63) is 11.8 Å². The fraction of sp³-hybridized carbons (Fsp3) is 0.765. The molecule has 3 heterocycles. The van der Waals surface area contributed by atoms with E-state index in [1.54, 1.807) is 0 Å². The zero-order valence-electron chi connectivity index (χ0n) is 13.3. The lowest BCUT2D eigenvalue weighted by atomic mass is 9.87. The van der Waals surface area contributed by atoms with Crippen LogP contribution in [-0.4, -0.2) is 35.6 Å². The zero-order chi connectivity index (χ0) is 14.9. The van der Waals surface area contributed by atoms with Gasteiger partial charge in [-0.15, -0.1) is 0 Å². The van der Waals surface area contributed by atoms with E-state index in [2.05, 4.69) is 26.3 Å². The van der Waals surface area contributed by atoms with Crippen LogP contribution in [-0.2, 0) is 0 Å². The van der Waals surface area contributed by atoms with Gasteiger partial charge in [-0.3, -0.25) is 0 Å². The van der Waals surface area contributed by atoms with Crippen LogP contribution in [0.5, 0.6) is 0 Å². The van der Waals surface area contributed by atoms with E-state index in [0.29, 0.717) is 17.9 Å². The third kappa shape index (κ3) is 2.78. The van der Waals surface area contributed by atoms with E-state index < -0.39 is 0 Å². The molecule has 120 valence electrons. The number of rotatable bonds is 2. The van der Waals surface area contributed by atoms with Gasteiger partial charge < -0.3 is 16.0 Å². The van der Waals surface area contributed by atoms with Crippen LogP contribution in [0.2, 0.25) is 0 Å². The Morgan fingerprint density at radius 1 is 1.05 bits per heavy atom. The Morgan fingerprint density at radius 2 is 1.91 bits per heavy atom. The first kappa shape index (κ1) is 14.2. The fourth-order valence-electron chi connectivity index (χ4n) is 4.47. The average molecular weight is 301 g/mol. The molecule has 2 atom stereocenters. The van der Waals surface area contributed by atoms with Crippen LogP contribution in [0.1, 0.15) is 56.6 Å². The molecular weight excluding hydrogens is 274 g/mol. The summed E-state index contributed by atoms with van der Waals surface area (Å²) in [4.78, 5) is 11.5. The number of nitrogens with two attached hydrogens (primary N) is 1. The van der Waals surface area contributed by atoms with Crippen LogP contribution in [0.15, 0.2) is 6.07 Å². The first-order valence-corrected chi connectivity index (χ1v) is 8.92. The number of piperidine rings is 1. The van der Waals surface area contributed by atoms with Crippen molar-refractivity contribution in [1.82, 2.24) is 15.3 Å². The molecule has 1 saturated carbocycles. The largest absolute Gasteiger partial charge is 0.368 e. The van der Waals surface area contributed by atoms with Crippen LogP contribution in [0, 0.1) is 5.92 Å². The van der Waals surface area contributed by atoms with Gasteiger partial charge in [0.15, 0.2) is 0 Å². The summed E-state index contributed by atoms with van der Waals surface area (Å²) < 4.78 is 0. The van der Waals surface area contributed by atoms with Crippen LogP contribution in [0.4, 0.5) is 11.8 Å². The Kier molecular flexibility index (Phi) is 3.90. The van der Waals surface area contributed by atoms with Gasteiger partial charge in [0.1, 0.15) is 5.82 Å². The van der Waals surface area contributed by atoms with Gasteiger partial charge >= 0.3 is 0 Å². The summed E-state index contributed by atoms with van der Waals surface area (Å²) in [5, 5.41) is 3.66. The minimum Gasteiger partial charge on any atom is -0.368 e. The second-order valence-electron chi connectivity index (χ2n) is 7.21. The number of nitrogens with zero attached hydrogens (tertiary/aromatic N) is 3. The minimum atomic E-state index is 0.445. The SMILES string of the molecule is Nc1nc(C2CCCCC2)cc(N2CC3CCCN[C@H]3C2)n1. The molecule has 1 aromatic rings. The molecule has 3 fully saturated rings. The topological polar surface area (TPSA) is 67.1 Å². The molecule has 5 heteroatoms. The summed E-state index contributed by atoms with van der Waals surface area (Å²) in [5.74, 6) is 2.84.